The number of benzene rings is 2. The second-order valence-electron chi connectivity index (χ2n) is 5.48. The third kappa shape index (κ3) is 3.75. The first kappa shape index (κ1) is 17.3. The highest BCUT2D eigenvalue weighted by atomic mass is 16.5. The summed E-state index contributed by atoms with van der Waals surface area (Å²) in [5, 5.41) is 1.94. The van der Waals surface area contributed by atoms with E-state index in [2.05, 4.69) is 4.74 Å². The number of fused-ring (bicyclic) bond motifs is 1. The molecule has 0 atom stereocenters. The topological polar surface area (TPSA) is 91.8 Å². The van der Waals surface area contributed by atoms with Crippen LogP contribution in [0.15, 0.2) is 59.0 Å². The van der Waals surface area contributed by atoms with Crippen molar-refractivity contribution in [3.63, 3.8) is 0 Å². The van der Waals surface area contributed by atoms with Gasteiger partial charge in [-0.2, -0.15) is 0 Å². The first-order valence-corrected chi connectivity index (χ1v) is 7.87. The molecule has 6 heteroatoms. The molecule has 0 bridgehead atoms. The van der Waals surface area contributed by atoms with E-state index in [9.17, 15) is 9.59 Å². The van der Waals surface area contributed by atoms with Crippen molar-refractivity contribution >= 4 is 28.7 Å². The molecular weight excluding hydrogens is 334 g/mol. The minimum atomic E-state index is -0.549. The number of amides is 1. The van der Waals surface area contributed by atoms with Gasteiger partial charge in [-0.15, -0.1) is 0 Å². The number of ether oxygens (including phenoxy) is 2. The highest BCUT2D eigenvalue weighted by Crippen LogP contribution is 2.30. The molecule has 0 aliphatic heterocycles. The molecule has 0 spiro atoms. The maximum atomic E-state index is 11.4. The number of hydrogen-bond donors (Lipinski definition) is 1. The van der Waals surface area contributed by atoms with Gasteiger partial charge in [0.05, 0.1) is 7.11 Å². The molecule has 3 aromatic rings. The van der Waals surface area contributed by atoms with Crippen LogP contribution in [0.4, 0.5) is 0 Å². The number of furan rings is 1. The SMILES string of the molecule is COC(=O)c1ccc(COc2ccc3ccccc3c2/C=C/C(N)=O)o1. The maximum absolute atomic E-state index is 11.4. The van der Waals surface area contributed by atoms with Gasteiger partial charge in [0, 0.05) is 11.6 Å². The van der Waals surface area contributed by atoms with Crippen molar-refractivity contribution in [2.24, 2.45) is 5.73 Å². The summed E-state index contributed by atoms with van der Waals surface area (Å²) in [6, 6.07) is 14.7. The molecule has 26 heavy (non-hydrogen) atoms. The zero-order valence-electron chi connectivity index (χ0n) is 14.1. The molecule has 132 valence electrons. The third-order valence-electron chi connectivity index (χ3n) is 3.76. The van der Waals surface area contributed by atoms with Crippen LogP contribution in [0.1, 0.15) is 21.9 Å². The zero-order chi connectivity index (χ0) is 18.5. The predicted molar refractivity (Wildman–Crippen MR) is 96.6 cm³/mol. The second kappa shape index (κ2) is 7.57. The molecule has 0 radical (unpaired) electrons. The van der Waals surface area contributed by atoms with Gasteiger partial charge < -0.3 is 19.6 Å². The Morgan fingerprint density at radius 3 is 2.69 bits per heavy atom. The van der Waals surface area contributed by atoms with Gasteiger partial charge in [-0.3, -0.25) is 4.79 Å². The summed E-state index contributed by atoms with van der Waals surface area (Å²) in [6.45, 7) is 0.118. The fraction of sp³-hybridized carbons (Fsp3) is 0.100. The third-order valence-corrected chi connectivity index (χ3v) is 3.76. The number of carbonyl (C=O) groups is 2. The molecule has 0 saturated heterocycles. The lowest BCUT2D eigenvalue weighted by molar-refractivity contribution is -0.113. The van der Waals surface area contributed by atoms with Gasteiger partial charge >= 0.3 is 5.97 Å². The second-order valence-corrected chi connectivity index (χ2v) is 5.48. The van der Waals surface area contributed by atoms with E-state index in [1.54, 1.807) is 12.1 Å². The molecule has 2 N–H and O–H groups in total. The van der Waals surface area contributed by atoms with E-state index in [1.807, 2.05) is 36.4 Å². The number of esters is 1. The van der Waals surface area contributed by atoms with E-state index in [1.165, 1.54) is 19.3 Å². The van der Waals surface area contributed by atoms with Gasteiger partial charge in [0.2, 0.25) is 11.7 Å². The quantitative estimate of drug-likeness (QED) is 0.543. The highest BCUT2D eigenvalue weighted by Gasteiger charge is 2.12. The Labute approximate surface area is 149 Å². The number of methoxy groups -OCH3 is 1. The first-order chi connectivity index (χ1) is 12.6. The van der Waals surface area contributed by atoms with Crippen molar-refractivity contribution in [2.75, 3.05) is 7.11 Å². The Hall–Kier alpha value is -3.54. The molecule has 0 aliphatic carbocycles. The summed E-state index contributed by atoms with van der Waals surface area (Å²) in [7, 11) is 1.29. The van der Waals surface area contributed by atoms with Gasteiger partial charge in [0.15, 0.2) is 0 Å². The summed E-state index contributed by atoms with van der Waals surface area (Å²) < 4.78 is 15.8. The number of primary amides is 1. The van der Waals surface area contributed by atoms with Gasteiger partial charge in [-0.25, -0.2) is 4.79 Å². The van der Waals surface area contributed by atoms with E-state index in [0.29, 0.717) is 11.5 Å². The molecule has 0 saturated carbocycles. The van der Waals surface area contributed by atoms with Crippen LogP contribution in [0.3, 0.4) is 0 Å². The molecule has 1 aromatic heterocycles. The molecule has 6 nitrogen and oxygen atoms in total. The van der Waals surface area contributed by atoms with E-state index in [0.717, 1.165) is 16.3 Å². The minimum Gasteiger partial charge on any atom is -0.485 e. The fourth-order valence-corrected chi connectivity index (χ4v) is 2.55. The highest BCUT2D eigenvalue weighted by molar-refractivity contribution is 5.97. The molecule has 0 unspecified atom stereocenters. The van der Waals surface area contributed by atoms with Crippen LogP contribution in [0.2, 0.25) is 0 Å². The van der Waals surface area contributed by atoms with Crippen molar-refractivity contribution in [3.8, 4) is 5.75 Å². The van der Waals surface area contributed by atoms with Crippen LogP contribution >= 0.6 is 0 Å². The lowest BCUT2D eigenvalue weighted by Crippen LogP contribution is -2.05. The lowest BCUT2D eigenvalue weighted by Gasteiger charge is -2.11. The van der Waals surface area contributed by atoms with Gasteiger partial charge in [0.25, 0.3) is 0 Å². The summed E-state index contributed by atoms with van der Waals surface area (Å²) in [4.78, 5) is 22.6. The molecular formula is C20H17NO5. The van der Waals surface area contributed by atoms with E-state index in [-0.39, 0.29) is 12.4 Å². The normalized spacial score (nSPS) is 11.0. The summed E-state index contributed by atoms with van der Waals surface area (Å²) in [5.74, 6) is 0.0590. The van der Waals surface area contributed by atoms with E-state index in [4.69, 9.17) is 14.9 Å². The lowest BCUT2D eigenvalue weighted by atomic mass is 10.0. The number of nitrogens with two attached hydrogens (primary N) is 1. The zero-order valence-corrected chi connectivity index (χ0v) is 14.1. The minimum absolute atomic E-state index is 0.110. The van der Waals surface area contributed by atoms with Crippen LogP contribution in [-0.2, 0) is 16.1 Å². The van der Waals surface area contributed by atoms with E-state index < -0.39 is 11.9 Å². The summed E-state index contributed by atoms with van der Waals surface area (Å²) in [6.07, 6.45) is 2.92. The van der Waals surface area contributed by atoms with Gasteiger partial charge in [-0.1, -0.05) is 30.3 Å². The molecule has 0 aliphatic rings. The summed E-state index contributed by atoms with van der Waals surface area (Å²) in [5.41, 5.74) is 5.96. The van der Waals surface area contributed by atoms with Crippen LogP contribution in [0.5, 0.6) is 5.75 Å². The average Bonchev–Trinajstić information content (AvgIpc) is 3.13. The number of carbonyl (C=O) groups excluding carboxylic acids is 2. The summed E-state index contributed by atoms with van der Waals surface area (Å²) >= 11 is 0. The smallest absolute Gasteiger partial charge is 0.373 e. The molecule has 0 fully saturated rings. The number of rotatable bonds is 6. The Morgan fingerprint density at radius 2 is 1.92 bits per heavy atom. The van der Waals surface area contributed by atoms with Crippen LogP contribution in [-0.4, -0.2) is 19.0 Å². The first-order valence-electron chi connectivity index (χ1n) is 7.87. The van der Waals surface area contributed by atoms with Crippen molar-refractivity contribution < 1.29 is 23.5 Å². The Balaban J connectivity index is 1.89. The van der Waals surface area contributed by atoms with Crippen molar-refractivity contribution in [1.29, 1.82) is 0 Å². The van der Waals surface area contributed by atoms with Gasteiger partial charge in [0.1, 0.15) is 18.1 Å². The predicted octanol–water partition coefficient (Wildman–Crippen LogP) is 3.30. The molecule has 3 rings (SSSR count). The Morgan fingerprint density at radius 1 is 1.12 bits per heavy atom. The van der Waals surface area contributed by atoms with Crippen LogP contribution < -0.4 is 10.5 Å². The number of hydrogen-bond acceptors (Lipinski definition) is 5. The van der Waals surface area contributed by atoms with E-state index >= 15 is 0 Å². The van der Waals surface area contributed by atoms with Crippen LogP contribution in [0.25, 0.3) is 16.8 Å². The average molecular weight is 351 g/mol. The monoisotopic (exact) mass is 351 g/mol. The fourth-order valence-electron chi connectivity index (χ4n) is 2.55. The maximum Gasteiger partial charge on any atom is 0.373 e. The van der Waals surface area contributed by atoms with Crippen molar-refractivity contribution in [2.45, 2.75) is 6.61 Å². The Bertz CT molecular complexity index is 987. The molecule has 1 heterocycles. The van der Waals surface area contributed by atoms with Crippen LogP contribution in [0, 0.1) is 0 Å². The standard InChI is InChI=1S/C20H17NO5/c1-24-20(23)18-10-7-14(26-18)12-25-17-9-6-13-4-2-3-5-15(13)16(17)8-11-19(21)22/h2-11H,12H2,1H3,(H2,21,22)/b11-8+. The molecule has 1 amide bonds. The van der Waals surface area contributed by atoms with Crippen molar-refractivity contribution in [3.05, 3.63) is 71.7 Å². The molecule has 2 aromatic carbocycles. The Kier molecular flexibility index (Phi) is 5.03. The van der Waals surface area contributed by atoms with Crippen molar-refractivity contribution in [1.82, 2.24) is 0 Å². The largest absolute Gasteiger partial charge is 0.485 e. The van der Waals surface area contributed by atoms with Gasteiger partial charge in [-0.05, 0) is 35.0 Å².